The third-order valence-corrected chi connectivity index (χ3v) is 13.0. The first kappa shape index (κ1) is 32.2. The first-order valence-electron chi connectivity index (χ1n) is 20.1. The van der Waals surface area contributed by atoms with E-state index in [0.29, 0.717) is 0 Å². The Kier molecular flexibility index (Phi) is 6.78. The maximum absolute atomic E-state index is 2.43. The molecule has 0 heteroatoms. The van der Waals surface area contributed by atoms with Gasteiger partial charge in [-0.05, 0) is 151 Å². The van der Waals surface area contributed by atoms with Crippen LogP contribution < -0.4 is 0 Å². The minimum Gasteiger partial charge on any atom is -0.0616 e. The van der Waals surface area contributed by atoms with Crippen LogP contribution in [0.2, 0.25) is 0 Å². The maximum Gasteiger partial charge on any atom is 0.0159 e. The summed E-state index contributed by atoms with van der Waals surface area (Å²) in [5, 5.41) is 15.3. The Hall–Kier alpha value is -7.02. The molecule has 0 spiro atoms. The van der Waals surface area contributed by atoms with E-state index in [4.69, 9.17) is 0 Å². The molecule has 0 saturated carbocycles. The highest BCUT2D eigenvalue weighted by Gasteiger charge is 2.37. The van der Waals surface area contributed by atoms with E-state index in [-0.39, 0.29) is 5.41 Å². The highest BCUT2D eigenvalue weighted by Crippen LogP contribution is 2.54. The summed E-state index contributed by atoms with van der Waals surface area (Å²) < 4.78 is 0. The lowest BCUT2D eigenvalue weighted by Gasteiger charge is -2.22. The normalized spacial score (nSPS) is 13.2. The van der Waals surface area contributed by atoms with Crippen LogP contribution in [0.3, 0.4) is 0 Å². The Labute approximate surface area is 332 Å². The lowest BCUT2D eigenvalue weighted by atomic mass is 9.81. The van der Waals surface area contributed by atoms with Crippen molar-refractivity contribution in [2.75, 3.05) is 0 Å². The molecule has 0 N–H and O–H groups in total. The molecule has 0 bridgehead atoms. The van der Waals surface area contributed by atoms with E-state index in [0.717, 1.165) is 0 Å². The molecule has 0 fully saturated rings. The molecular formula is C57H38. The molecule has 0 aromatic heterocycles. The summed E-state index contributed by atoms with van der Waals surface area (Å²) >= 11 is 0. The summed E-state index contributed by atoms with van der Waals surface area (Å²) in [5.41, 5.74) is 13.0. The van der Waals surface area contributed by atoms with Gasteiger partial charge in [0.25, 0.3) is 0 Å². The Morgan fingerprint density at radius 3 is 1.53 bits per heavy atom. The van der Waals surface area contributed by atoms with Gasteiger partial charge in [0, 0.05) is 5.41 Å². The summed E-state index contributed by atoms with van der Waals surface area (Å²) in [7, 11) is 0. The smallest absolute Gasteiger partial charge is 0.0159 e. The van der Waals surface area contributed by atoms with Crippen LogP contribution in [0.5, 0.6) is 0 Å². The first-order chi connectivity index (χ1) is 28.0. The van der Waals surface area contributed by atoms with E-state index >= 15 is 0 Å². The minimum atomic E-state index is -0.0910. The van der Waals surface area contributed by atoms with Gasteiger partial charge in [-0.2, -0.15) is 0 Å². The van der Waals surface area contributed by atoms with Crippen molar-refractivity contribution in [3.8, 4) is 44.5 Å². The standard InChI is InChI=1S/C57H38/c1-57(2)52-27-13-24-42(56(52)51-33-37-16-5-6-17-38(37)34-53(51)57)39-18-11-19-41(31-39)54-46-20-7-9-22-48(46)55(49-23-10-8-21-47(49)54)45-26-12-25-43-44(45)29-28-40-30-35-14-3-4-15-36(35)32-50(40)43/h3-34H,1-2H3. The molecule has 0 amide bonds. The van der Waals surface area contributed by atoms with E-state index in [1.54, 1.807) is 0 Å². The van der Waals surface area contributed by atoms with Crippen LogP contribution in [0.25, 0.3) is 109 Å². The second kappa shape index (κ2) is 12.0. The maximum atomic E-state index is 2.43. The van der Waals surface area contributed by atoms with Crippen LogP contribution in [-0.2, 0) is 5.41 Å². The van der Waals surface area contributed by atoms with Crippen LogP contribution in [0.15, 0.2) is 194 Å². The van der Waals surface area contributed by atoms with E-state index in [9.17, 15) is 0 Å². The average molecular weight is 723 g/mol. The van der Waals surface area contributed by atoms with Crippen molar-refractivity contribution in [2.24, 2.45) is 0 Å². The second-order valence-electron chi connectivity index (χ2n) is 16.4. The van der Waals surface area contributed by atoms with E-state index in [1.807, 2.05) is 0 Å². The monoisotopic (exact) mass is 722 g/mol. The van der Waals surface area contributed by atoms with E-state index in [1.165, 1.54) is 120 Å². The first-order valence-corrected chi connectivity index (χ1v) is 20.1. The molecule has 0 unspecified atom stereocenters. The highest BCUT2D eigenvalue weighted by atomic mass is 14.4. The number of hydrogen-bond donors (Lipinski definition) is 0. The molecule has 0 saturated heterocycles. The van der Waals surface area contributed by atoms with Gasteiger partial charge in [0.2, 0.25) is 0 Å². The van der Waals surface area contributed by atoms with E-state index < -0.39 is 0 Å². The SMILES string of the molecule is CC1(C)c2cc3ccccc3cc2-c2c(-c3cccc(-c4c5ccccc5c(-c5cccc6c5ccc5cc7ccccc7cc56)c5ccccc45)c3)cccc21. The predicted octanol–water partition coefficient (Wildman–Crippen LogP) is 15.9. The Morgan fingerprint density at radius 1 is 0.263 bits per heavy atom. The van der Waals surface area contributed by atoms with Gasteiger partial charge in [-0.3, -0.25) is 0 Å². The van der Waals surface area contributed by atoms with Gasteiger partial charge in [0.15, 0.2) is 0 Å². The van der Waals surface area contributed by atoms with Crippen molar-refractivity contribution in [3.05, 3.63) is 205 Å². The Balaban J connectivity index is 1.09. The average Bonchev–Trinajstić information content (AvgIpc) is 3.48. The van der Waals surface area contributed by atoms with Crippen LogP contribution in [-0.4, -0.2) is 0 Å². The van der Waals surface area contributed by atoms with Crippen LogP contribution in [0, 0.1) is 0 Å². The molecule has 0 atom stereocenters. The van der Waals surface area contributed by atoms with Crippen molar-refractivity contribution >= 4 is 64.6 Å². The Morgan fingerprint density at radius 2 is 0.807 bits per heavy atom. The number of benzene rings is 11. The molecule has 1 aliphatic rings. The molecule has 11 aromatic rings. The van der Waals surface area contributed by atoms with Crippen molar-refractivity contribution < 1.29 is 0 Å². The van der Waals surface area contributed by atoms with Crippen molar-refractivity contribution in [1.82, 2.24) is 0 Å². The predicted molar refractivity (Wildman–Crippen MR) is 245 cm³/mol. The van der Waals surface area contributed by atoms with Gasteiger partial charge in [-0.1, -0.05) is 178 Å². The fraction of sp³-hybridized carbons (Fsp3) is 0.0526. The Bertz CT molecular complexity index is 3430. The second-order valence-corrected chi connectivity index (χ2v) is 16.4. The number of fused-ring (bicyclic) bond motifs is 10. The number of hydrogen-bond acceptors (Lipinski definition) is 0. The molecular weight excluding hydrogens is 685 g/mol. The molecule has 0 radical (unpaired) electrons. The third kappa shape index (κ3) is 4.68. The highest BCUT2D eigenvalue weighted by molar-refractivity contribution is 6.25. The summed E-state index contributed by atoms with van der Waals surface area (Å²) in [6, 6.07) is 72.8. The molecule has 0 aliphatic heterocycles. The molecule has 11 aromatic carbocycles. The lowest BCUT2D eigenvalue weighted by molar-refractivity contribution is 0.661. The topological polar surface area (TPSA) is 0 Å². The zero-order valence-corrected chi connectivity index (χ0v) is 32.0. The minimum absolute atomic E-state index is 0.0910. The van der Waals surface area contributed by atoms with Gasteiger partial charge < -0.3 is 0 Å². The zero-order valence-electron chi connectivity index (χ0n) is 32.0. The summed E-state index contributed by atoms with van der Waals surface area (Å²) in [6.45, 7) is 4.76. The van der Waals surface area contributed by atoms with Gasteiger partial charge in [-0.15, -0.1) is 0 Å². The van der Waals surface area contributed by atoms with Crippen LogP contribution in [0.1, 0.15) is 25.0 Å². The zero-order chi connectivity index (χ0) is 37.8. The van der Waals surface area contributed by atoms with Gasteiger partial charge in [0.1, 0.15) is 0 Å². The fourth-order valence-corrected chi connectivity index (χ4v) is 10.3. The van der Waals surface area contributed by atoms with Gasteiger partial charge in [0.05, 0.1) is 0 Å². The molecule has 266 valence electrons. The van der Waals surface area contributed by atoms with Crippen molar-refractivity contribution in [3.63, 3.8) is 0 Å². The molecule has 12 rings (SSSR count). The summed E-state index contributed by atoms with van der Waals surface area (Å²) in [4.78, 5) is 0. The quantitative estimate of drug-likeness (QED) is 0.126. The summed E-state index contributed by atoms with van der Waals surface area (Å²) in [5.74, 6) is 0. The van der Waals surface area contributed by atoms with E-state index in [2.05, 4.69) is 208 Å². The third-order valence-electron chi connectivity index (χ3n) is 13.0. The lowest BCUT2D eigenvalue weighted by Crippen LogP contribution is -2.14. The molecule has 1 aliphatic carbocycles. The van der Waals surface area contributed by atoms with Crippen LogP contribution >= 0.6 is 0 Å². The fourth-order valence-electron chi connectivity index (χ4n) is 10.3. The summed E-state index contributed by atoms with van der Waals surface area (Å²) in [6.07, 6.45) is 0. The molecule has 57 heavy (non-hydrogen) atoms. The molecule has 0 nitrogen and oxygen atoms in total. The van der Waals surface area contributed by atoms with Crippen LogP contribution in [0.4, 0.5) is 0 Å². The van der Waals surface area contributed by atoms with Gasteiger partial charge >= 0.3 is 0 Å². The number of rotatable bonds is 3. The van der Waals surface area contributed by atoms with Gasteiger partial charge in [-0.25, -0.2) is 0 Å². The van der Waals surface area contributed by atoms with Crippen molar-refractivity contribution in [1.29, 1.82) is 0 Å². The molecule has 0 heterocycles. The van der Waals surface area contributed by atoms with Crippen molar-refractivity contribution in [2.45, 2.75) is 19.3 Å². The largest absolute Gasteiger partial charge is 0.0616 e.